The van der Waals surface area contributed by atoms with Crippen molar-refractivity contribution in [3.05, 3.63) is 83.3 Å². The van der Waals surface area contributed by atoms with Crippen molar-refractivity contribution in [3.63, 3.8) is 0 Å². The molecule has 6 heteroatoms. The maximum atomic E-state index is 13.1. The lowest BCUT2D eigenvalue weighted by atomic mass is 9.94. The van der Waals surface area contributed by atoms with E-state index in [0.717, 1.165) is 22.5 Å². The number of para-hydroxylation sites is 1. The molecule has 6 nitrogen and oxygen atoms in total. The van der Waals surface area contributed by atoms with Crippen molar-refractivity contribution in [2.45, 2.75) is 19.9 Å². The zero-order valence-electron chi connectivity index (χ0n) is 14.6. The molecule has 0 radical (unpaired) electrons. The Hall–Kier alpha value is -3.41. The van der Waals surface area contributed by atoms with Crippen LogP contribution in [-0.4, -0.2) is 20.7 Å². The van der Waals surface area contributed by atoms with E-state index in [1.807, 2.05) is 68.4 Å². The first kappa shape index (κ1) is 16.1. The maximum absolute atomic E-state index is 13.1. The van der Waals surface area contributed by atoms with Gasteiger partial charge in [-0.1, -0.05) is 48.0 Å². The van der Waals surface area contributed by atoms with E-state index in [2.05, 4.69) is 20.7 Å². The van der Waals surface area contributed by atoms with Crippen LogP contribution in [0.5, 0.6) is 0 Å². The molecule has 0 saturated heterocycles. The second kappa shape index (κ2) is 6.48. The standard InChI is InChI=1S/C20H19N5O/c1-13-8-10-15(11-9-13)18-17(14(2)23-20-21-12-22-25(18)20)19(26)24-16-6-4-3-5-7-16/h3-12,18H,1-2H3,(H,24,26)(H,21,22,23)/t18-/m1/s1. The van der Waals surface area contributed by atoms with Crippen molar-refractivity contribution in [2.24, 2.45) is 0 Å². The van der Waals surface area contributed by atoms with Crippen molar-refractivity contribution in [3.8, 4) is 0 Å². The number of rotatable bonds is 3. The molecule has 0 spiro atoms. The van der Waals surface area contributed by atoms with Crippen LogP contribution in [0.1, 0.15) is 24.1 Å². The molecular weight excluding hydrogens is 326 g/mol. The van der Waals surface area contributed by atoms with Crippen LogP contribution < -0.4 is 10.6 Å². The van der Waals surface area contributed by atoms with Gasteiger partial charge >= 0.3 is 0 Å². The summed E-state index contributed by atoms with van der Waals surface area (Å²) < 4.78 is 1.75. The number of hydrogen-bond donors (Lipinski definition) is 2. The summed E-state index contributed by atoms with van der Waals surface area (Å²) in [5, 5.41) is 10.5. The number of benzene rings is 2. The fourth-order valence-electron chi connectivity index (χ4n) is 3.16. The Bertz CT molecular complexity index is 973. The summed E-state index contributed by atoms with van der Waals surface area (Å²) in [6.07, 6.45) is 1.49. The predicted octanol–water partition coefficient (Wildman–Crippen LogP) is 3.51. The van der Waals surface area contributed by atoms with E-state index in [4.69, 9.17) is 0 Å². The van der Waals surface area contributed by atoms with Crippen molar-refractivity contribution in [1.82, 2.24) is 14.8 Å². The van der Waals surface area contributed by atoms with Gasteiger partial charge in [-0.2, -0.15) is 10.1 Å². The number of nitrogens with one attached hydrogen (secondary N) is 2. The fraction of sp³-hybridized carbons (Fsp3) is 0.150. The summed E-state index contributed by atoms with van der Waals surface area (Å²) in [5.41, 5.74) is 4.30. The van der Waals surface area contributed by atoms with Gasteiger partial charge in [-0.15, -0.1) is 0 Å². The van der Waals surface area contributed by atoms with E-state index in [9.17, 15) is 4.79 Å². The topological polar surface area (TPSA) is 71.8 Å². The SMILES string of the molecule is CC1=C(C(=O)Nc2ccccc2)[C@@H](c2ccc(C)cc2)n2ncnc2N1. The minimum atomic E-state index is -0.335. The van der Waals surface area contributed by atoms with Crippen LogP contribution >= 0.6 is 0 Å². The highest BCUT2D eigenvalue weighted by Gasteiger charge is 2.33. The van der Waals surface area contributed by atoms with Crippen LogP contribution in [0.15, 0.2) is 72.2 Å². The lowest BCUT2D eigenvalue weighted by molar-refractivity contribution is -0.113. The van der Waals surface area contributed by atoms with Gasteiger partial charge in [0, 0.05) is 11.4 Å². The molecular formula is C20H19N5O. The summed E-state index contributed by atoms with van der Waals surface area (Å²) in [6.45, 7) is 3.93. The molecule has 2 N–H and O–H groups in total. The third-order valence-electron chi connectivity index (χ3n) is 4.46. The quantitative estimate of drug-likeness (QED) is 0.762. The Kier molecular flexibility index (Phi) is 4.01. The van der Waals surface area contributed by atoms with Gasteiger partial charge in [0.25, 0.3) is 5.91 Å². The summed E-state index contributed by atoms with van der Waals surface area (Å²) in [5.74, 6) is 0.470. The molecule has 2 heterocycles. The molecule has 0 bridgehead atoms. The van der Waals surface area contributed by atoms with Crippen molar-refractivity contribution in [2.75, 3.05) is 10.6 Å². The number of aryl methyl sites for hydroxylation is 1. The van der Waals surface area contributed by atoms with Gasteiger partial charge in [0.15, 0.2) is 0 Å². The van der Waals surface area contributed by atoms with Crippen LogP contribution in [0.25, 0.3) is 0 Å². The van der Waals surface area contributed by atoms with E-state index < -0.39 is 0 Å². The molecule has 26 heavy (non-hydrogen) atoms. The van der Waals surface area contributed by atoms with E-state index in [1.165, 1.54) is 6.33 Å². The third kappa shape index (κ3) is 2.86. The number of nitrogens with zero attached hydrogens (tertiary/aromatic N) is 3. The Morgan fingerprint density at radius 3 is 2.54 bits per heavy atom. The molecule has 3 aromatic rings. The molecule has 130 valence electrons. The predicted molar refractivity (Wildman–Crippen MR) is 101 cm³/mol. The van der Waals surface area contributed by atoms with Gasteiger partial charge in [0.2, 0.25) is 5.95 Å². The largest absolute Gasteiger partial charge is 0.328 e. The number of allylic oxidation sites excluding steroid dienone is 1. The second-order valence-corrected chi connectivity index (χ2v) is 6.33. The maximum Gasteiger partial charge on any atom is 0.255 e. The normalized spacial score (nSPS) is 16.0. The number of fused-ring (bicyclic) bond motifs is 1. The zero-order chi connectivity index (χ0) is 18.1. The molecule has 1 atom stereocenters. The molecule has 1 amide bonds. The first-order valence-corrected chi connectivity index (χ1v) is 8.44. The Morgan fingerprint density at radius 1 is 1.08 bits per heavy atom. The van der Waals surface area contributed by atoms with Crippen LogP contribution in [0.4, 0.5) is 11.6 Å². The monoisotopic (exact) mass is 345 g/mol. The van der Waals surface area contributed by atoms with Crippen LogP contribution in [0, 0.1) is 6.92 Å². The van der Waals surface area contributed by atoms with Crippen LogP contribution in [0.3, 0.4) is 0 Å². The van der Waals surface area contributed by atoms with Gasteiger partial charge in [-0.05, 0) is 31.5 Å². The van der Waals surface area contributed by atoms with Crippen molar-refractivity contribution >= 4 is 17.5 Å². The number of anilines is 2. The minimum Gasteiger partial charge on any atom is -0.328 e. The van der Waals surface area contributed by atoms with E-state index >= 15 is 0 Å². The summed E-state index contributed by atoms with van der Waals surface area (Å²) >= 11 is 0. The molecule has 0 fully saturated rings. The molecule has 0 saturated carbocycles. The van der Waals surface area contributed by atoms with Crippen molar-refractivity contribution in [1.29, 1.82) is 0 Å². The molecule has 0 unspecified atom stereocenters. The fourth-order valence-corrected chi connectivity index (χ4v) is 3.16. The van der Waals surface area contributed by atoms with Gasteiger partial charge in [0.05, 0.1) is 5.57 Å². The second-order valence-electron chi connectivity index (χ2n) is 6.33. The lowest BCUT2D eigenvalue weighted by Crippen LogP contribution is -2.31. The first-order valence-electron chi connectivity index (χ1n) is 8.44. The molecule has 1 aliphatic heterocycles. The Morgan fingerprint density at radius 2 is 1.81 bits per heavy atom. The van der Waals surface area contributed by atoms with E-state index in [1.54, 1.807) is 4.68 Å². The van der Waals surface area contributed by atoms with Gasteiger partial charge < -0.3 is 10.6 Å². The highest BCUT2D eigenvalue weighted by atomic mass is 16.1. The summed E-state index contributed by atoms with van der Waals surface area (Å²) in [6, 6.07) is 17.2. The first-order chi connectivity index (χ1) is 12.6. The zero-order valence-corrected chi connectivity index (χ0v) is 14.6. The Balaban J connectivity index is 1.77. The smallest absolute Gasteiger partial charge is 0.255 e. The number of carbonyl (C=O) groups excluding carboxylic acids is 1. The average molecular weight is 345 g/mol. The summed E-state index contributed by atoms with van der Waals surface area (Å²) in [7, 11) is 0. The van der Waals surface area contributed by atoms with E-state index in [-0.39, 0.29) is 11.9 Å². The molecule has 2 aromatic carbocycles. The van der Waals surface area contributed by atoms with Gasteiger partial charge in [-0.25, -0.2) is 4.68 Å². The number of hydrogen-bond acceptors (Lipinski definition) is 4. The molecule has 4 rings (SSSR count). The van der Waals surface area contributed by atoms with Gasteiger partial charge in [-0.3, -0.25) is 4.79 Å². The average Bonchev–Trinajstić information content (AvgIpc) is 3.10. The number of amides is 1. The summed E-state index contributed by atoms with van der Waals surface area (Å²) in [4.78, 5) is 17.3. The number of aromatic nitrogens is 3. The lowest BCUT2D eigenvalue weighted by Gasteiger charge is -2.28. The van der Waals surface area contributed by atoms with Crippen LogP contribution in [-0.2, 0) is 4.79 Å². The Labute approximate surface area is 151 Å². The van der Waals surface area contributed by atoms with Gasteiger partial charge in [0.1, 0.15) is 12.4 Å². The van der Waals surface area contributed by atoms with Crippen molar-refractivity contribution < 1.29 is 4.79 Å². The third-order valence-corrected chi connectivity index (χ3v) is 4.46. The minimum absolute atomic E-state index is 0.159. The highest BCUT2D eigenvalue weighted by Crippen LogP contribution is 2.35. The highest BCUT2D eigenvalue weighted by molar-refractivity contribution is 6.06. The number of carbonyl (C=O) groups is 1. The van der Waals surface area contributed by atoms with Crippen LogP contribution in [0.2, 0.25) is 0 Å². The van der Waals surface area contributed by atoms with E-state index in [0.29, 0.717) is 11.5 Å². The molecule has 0 aliphatic carbocycles. The molecule has 1 aromatic heterocycles. The molecule has 1 aliphatic rings.